The SMILES string of the molecule is CCC.O=C(O)CNS(=O)CC1=CC=CCC=C1. The van der Waals surface area contributed by atoms with Crippen LogP contribution in [0.4, 0.5) is 0 Å². The van der Waals surface area contributed by atoms with Gasteiger partial charge in [-0.25, -0.2) is 8.93 Å². The Labute approximate surface area is 111 Å². The summed E-state index contributed by atoms with van der Waals surface area (Å²) < 4.78 is 13.8. The largest absolute Gasteiger partial charge is 0.480 e. The highest BCUT2D eigenvalue weighted by molar-refractivity contribution is 7.83. The van der Waals surface area contributed by atoms with Gasteiger partial charge in [-0.1, -0.05) is 50.6 Å². The maximum atomic E-state index is 11.4. The van der Waals surface area contributed by atoms with Crippen molar-refractivity contribution in [2.75, 3.05) is 12.3 Å². The van der Waals surface area contributed by atoms with Gasteiger partial charge in [0.15, 0.2) is 0 Å². The molecular formula is C13H21NO3S. The second-order valence-electron chi connectivity index (χ2n) is 3.72. The lowest BCUT2D eigenvalue weighted by Gasteiger charge is -2.02. The van der Waals surface area contributed by atoms with E-state index in [-0.39, 0.29) is 6.54 Å². The van der Waals surface area contributed by atoms with Gasteiger partial charge in [0.25, 0.3) is 0 Å². The zero-order valence-corrected chi connectivity index (χ0v) is 11.7. The zero-order valence-electron chi connectivity index (χ0n) is 10.9. The number of hydrogen-bond donors (Lipinski definition) is 2. The molecule has 1 rings (SSSR count). The van der Waals surface area contributed by atoms with Gasteiger partial charge in [-0.05, 0) is 12.0 Å². The number of nitrogens with one attached hydrogen (secondary N) is 1. The molecule has 1 atom stereocenters. The molecule has 5 heteroatoms. The second-order valence-corrected chi connectivity index (χ2v) is 4.99. The molecule has 0 fully saturated rings. The third-order valence-electron chi connectivity index (χ3n) is 1.73. The van der Waals surface area contributed by atoms with Gasteiger partial charge < -0.3 is 5.11 Å². The van der Waals surface area contributed by atoms with Gasteiger partial charge >= 0.3 is 5.97 Å². The van der Waals surface area contributed by atoms with Crippen molar-refractivity contribution in [2.45, 2.75) is 26.7 Å². The number of allylic oxidation sites excluding steroid dienone is 5. The van der Waals surface area contributed by atoms with Crippen molar-refractivity contribution >= 4 is 17.0 Å². The van der Waals surface area contributed by atoms with Crippen LogP contribution in [0.2, 0.25) is 0 Å². The molecule has 0 heterocycles. The molecule has 0 aliphatic heterocycles. The van der Waals surface area contributed by atoms with E-state index >= 15 is 0 Å². The van der Waals surface area contributed by atoms with Crippen LogP contribution in [0.3, 0.4) is 0 Å². The van der Waals surface area contributed by atoms with Crippen LogP contribution in [-0.2, 0) is 15.8 Å². The fourth-order valence-corrected chi connectivity index (χ4v) is 1.95. The third kappa shape index (κ3) is 9.99. The lowest BCUT2D eigenvalue weighted by molar-refractivity contribution is -0.135. The van der Waals surface area contributed by atoms with Crippen molar-refractivity contribution in [2.24, 2.45) is 0 Å². The molecule has 4 nitrogen and oxygen atoms in total. The molecule has 1 unspecified atom stereocenters. The predicted octanol–water partition coefficient (Wildman–Crippen LogP) is 2.18. The molecule has 0 amide bonds. The lowest BCUT2D eigenvalue weighted by Crippen LogP contribution is -2.26. The summed E-state index contributed by atoms with van der Waals surface area (Å²) in [6, 6.07) is 0. The predicted molar refractivity (Wildman–Crippen MR) is 75.6 cm³/mol. The van der Waals surface area contributed by atoms with Gasteiger partial charge in [0.2, 0.25) is 0 Å². The van der Waals surface area contributed by atoms with Gasteiger partial charge in [0.05, 0.1) is 16.7 Å². The number of carboxylic acid groups (broad SMARTS) is 1. The average Bonchev–Trinajstić information content (AvgIpc) is 2.56. The normalized spacial score (nSPS) is 15.1. The first kappa shape index (κ1) is 16.8. The Bertz CT molecular complexity index is 359. The zero-order chi connectivity index (χ0) is 13.8. The van der Waals surface area contributed by atoms with Crippen LogP contribution in [-0.4, -0.2) is 27.6 Å². The lowest BCUT2D eigenvalue weighted by atomic mass is 10.3. The number of aliphatic carboxylic acids is 1. The van der Waals surface area contributed by atoms with Crippen LogP contribution in [0.5, 0.6) is 0 Å². The van der Waals surface area contributed by atoms with Crippen molar-refractivity contribution in [1.82, 2.24) is 4.72 Å². The summed E-state index contributed by atoms with van der Waals surface area (Å²) in [7, 11) is -1.33. The highest BCUT2D eigenvalue weighted by atomic mass is 32.2. The first-order chi connectivity index (χ1) is 8.60. The summed E-state index contributed by atoms with van der Waals surface area (Å²) in [4.78, 5) is 10.2. The van der Waals surface area contributed by atoms with Gasteiger partial charge in [-0.15, -0.1) is 0 Å². The van der Waals surface area contributed by atoms with E-state index in [1.54, 1.807) is 0 Å². The van der Waals surface area contributed by atoms with E-state index in [9.17, 15) is 9.00 Å². The standard InChI is InChI=1S/C10H13NO3S.C3H8/c12-10(13)7-11-15(14)8-9-5-3-1-2-4-6-9;1-3-2/h1,3-6,11H,2,7-8H2,(H,12,13);3H2,1-2H3. The van der Waals surface area contributed by atoms with E-state index in [2.05, 4.69) is 18.6 Å². The van der Waals surface area contributed by atoms with Crippen molar-refractivity contribution < 1.29 is 14.1 Å². The maximum Gasteiger partial charge on any atom is 0.318 e. The fourth-order valence-electron chi connectivity index (χ4n) is 1.06. The minimum atomic E-state index is -1.33. The summed E-state index contributed by atoms with van der Waals surface area (Å²) in [5.74, 6) is -0.678. The molecule has 18 heavy (non-hydrogen) atoms. The smallest absolute Gasteiger partial charge is 0.318 e. The van der Waals surface area contributed by atoms with Crippen LogP contribution in [0, 0.1) is 0 Å². The van der Waals surface area contributed by atoms with Gasteiger partial charge in [-0.3, -0.25) is 4.79 Å². The first-order valence-electron chi connectivity index (χ1n) is 5.96. The first-order valence-corrected chi connectivity index (χ1v) is 7.27. The van der Waals surface area contributed by atoms with Gasteiger partial charge in [-0.2, -0.15) is 0 Å². The molecule has 0 spiro atoms. The Morgan fingerprint density at radius 1 is 1.44 bits per heavy atom. The van der Waals surface area contributed by atoms with E-state index in [1.165, 1.54) is 6.42 Å². The Kier molecular flexibility index (Phi) is 10.2. The van der Waals surface area contributed by atoms with Crippen molar-refractivity contribution in [3.05, 3.63) is 36.0 Å². The van der Waals surface area contributed by atoms with E-state index in [1.807, 2.05) is 30.4 Å². The molecule has 0 aromatic carbocycles. The second kappa shape index (κ2) is 10.9. The van der Waals surface area contributed by atoms with Crippen LogP contribution >= 0.6 is 0 Å². The number of carbonyl (C=O) groups is 1. The van der Waals surface area contributed by atoms with E-state index in [0.717, 1.165) is 12.0 Å². The Morgan fingerprint density at radius 3 is 2.72 bits per heavy atom. The average molecular weight is 271 g/mol. The molecule has 0 saturated heterocycles. The minimum absolute atomic E-state index is 0.278. The highest BCUT2D eigenvalue weighted by Gasteiger charge is 2.04. The molecule has 0 aromatic rings. The number of rotatable bonds is 5. The Balaban J connectivity index is 0.000000873. The van der Waals surface area contributed by atoms with Crippen LogP contribution < -0.4 is 4.72 Å². The molecule has 2 N–H and O–H groups in total. The molecule has 1 aliphatic rings. The van der Waals surface area contributed by atoms with Crippen molar-refractivity contribution in [1.29, 1.82) is 0 Å². The van der Waals surface area contributed by atoms with Gasteiger partial charge in [0, 0.05) is 0 Å². The van der Waals surface area contributed by atoms with Crippen LogP contribution in [0.15, 0.2) is 36.0 Å². The highest BCUT2D eigenvalue weighted by Crippen LogP contribution is 2.05. The summed E-state index contributed by atoms with van der Waals surface area (Å²) in [6.07, 6.45) is 11.8. The topological polar surface area (TPSA) is 66.4 Å². The van der Waals surface area contributed by atoms with Crippen LogP contribution in [0.25, 0.3) is 0 Å². The fraction of sp³-hybridized carbons (Fsp3) is 0.462. The van der Waals surface area contributed by atoms with E-state index in [4.69, 9.17) is 5.11 Å². The summed E-state index contributed by atoms with van der Waals surface area (Å²) in [6.45, 7) is 3.97. The summed E-state index contributed by atoms with van der Waals surface area (Å²) in [5, 5.41) is 8.38. The Morgan fingerprint density at radius 2 is 2.11 bits per heavy atom. The molecule has 0 saturated carbocycles. The Hall–Kier alpha value is -1.20. The number of carboxylic acids is 1. The van der Waals surface area contributed by atoms with Crippen molar-refractivity contribution in [3.8, 4) is 0 Å². The summed E-state index contributed by atoms with van der Waals surface area (Å²) in [5.41, 5.74) is 0.931. The van der Waals surface area contributed by atoms with Crippen LogP contribution in [0.1, 0.15) is 26.7 Å². The van der Waals surface area contributed by atoms with E-state index in [0.29, 0.717) is 5.75 Å². The third-order valence-corrected chi connectivity index (χ3v) is 2.79. The quantitative estimate of drug-likeness (QED) is 0.805. The summed E-state index contributed by atoms with van der Waals surface area (Å²) >= 11 is 0. The molecule has 0 aromatic heterocycles. The number of hydrogen-bond acceptors (Lipinski definition) is 2. The van der Waals surface area contributed by atoms with E-state index < -0.39 is 17.0 Å². The molecular weight excluding hydrogens is 250 g/mol. The minimum Gasteiger partial charge on any atom is -0.480 e. The van der Waals surface area contributed by atoms with Crippen molar-refractivity contribution in [3.63, 3.8) is 0 Å². The molecule has 102 valence electrons. The molecule has 1 aliphatic carbocycles. The molecule has 0 radical (unpaired) electrons. The van der Waals surface area contributed by atoms with Gasteiger partial charge in [0.1, 0.15) is 6.54 Å². The monoisotopic (exact) mass is 271 g/mol. The molecule has 0 bridgehead atoms. The maximum absolute atomic E-state index is 11.4.